The molecule has 3 rings (SSSR count). The van der Waals surface area contributed by atoms with Gasteiger partial charge in [-0.05, 0) is 23.1 Å². The number of nitrogens with zero attached hydrogens (tertiary/aromatic N) is 1. The first-order valence-corrected chi connectivity index (χ1v) is 8.60. The molecule has 3 heteroatoms. The molecule has 1 atom stereocenters. The van der Waals surface area contributed by atoms with Crippen molar-refractivity contribution < 1.29 is 9.53 Å². The van der Waals surface area contributed by atoms with Crippen molar-refractivity contribution in [1.29, 1.82) is 0 Å². The number of methoxy groups -OCH3 is 1. The smallest absolute Gasteiger partial charge is 0.339 e. The van der Waals surface area contributed by atoms with Gasteiger partial charge < -0.3 is 9.64 Å². The first-order chi connectivity index (χ1) is 12.2. The van der Waals surface area contributed by atoms with Gasteiger partial charge in [0, 0.05) is 18.8 Å². The second kappa shape index (κ2) is 7.84. The molecule has 0 fully saturated rings. The van der Waals surface area contributed by atoms with Crippen molar-refractivity contribution in [2.75, 3.05) is 7.11 Å². The summed E-state index contributed by atoms with van der Waals surface area (Å²) in [4.78, 5) is 14.6. The zero-order valence-electron chi connectivity index (χ0n) is 14.7. The number of carbonyl (C=O) groups is 1. The summed E-state index contributed by atoms with van der Waals surface area (Å²) in [6.07, 6.45) is 5.11. The molecule has 3 nitrogen and oxygen atoms in total. The fraction of sp³-hybridized carbons (Fsp3) is 0.227. The minimum absolute atomic E-state index is 0.240. The van der Waals surface area contributed by atoms with Gasteiger partial charge in [0.05, 0.1) is 12.7 Å². The number of ether oxygens (including phenoxy) is 1. The first-order valence-electron chi connectivity index (χ1n) is 8.60. The van der Waals surface area contributed by atoms with Crippen LogP contribution in [-0.2, 0) is 16.1 Å². The predicted octanol–water partition coefficient (Wildman–Crippen LogP) is 4.42. The summed E-state index contributed by atoms with van der Waals surface area (Å²) in [5.74, 6) is -0.303. The monoisotopic (exact) mass is 333 g/mol. The second-order valence-electron chi connectivity index (χ2n) is 6.11. The normalized spacial score (nSPS) is 16.9. The third kappa shape index (κ3) is 3.82. The molecule has 0 radical (unpaired) electrons. The van der Waals surface area contributed by atoms with E-state index in [2.05, 4.69) is 30.0 Å². The Morgan fingerprint density at radius 3 is 2.28 bits per heavy atom. The van der Waals surface area contributed by atoms with E-state index < -0.39 is 0 Å². The molecule has 128 valence electrons. The lowest BCUT2D eigenvalue weighted by Gasteiger charge is -2.33. The van der Waals surface area contributed by atoms with Crippen LogP contribution in [0.1, 0.15) is 24.5 Å². The molecule has 0 aromatic heterocycles. The molecule has 0 saturated heterocycles. The van der Waals surface area contributed by atoms with Gasteiger partial charge in [0.15, 0.2) is 0 Å². The van der Waals surface area contributed by atoms with E-state index in [9.17, 15) is 4.79 Å². The predicted molar refractivity (Wildman–Crippen MR) is 101 cm³/mol. The average molecular weight is 333 g/mol. The van der Waals surface area contributed by atoms with Crippen LogP contribution in [-0.4, -0.2) is 24.0 Å². The zero-order valence-corrected chi connectivity index (χ0v) is 14.7. The summed E-state index contributed by atoms with van der Waals surface area (Å²) in [5.41, 5.74) is 3.81. The quantitative estimate of drug-likeness (QED) is 0.759. The fourth-order valence-corrected chi connectivity index (χ4v) is 3.16. The standard InChI is InChI=1S/C22H23NO2/c1-3-19-14-20(18-12-8-5-9-13-18)21(22(24)25-2)16-23(19)15-17-10-6-4-7-11-17/h4-14,16,19H,3,15H2,1-2H3. The van der Waals surface area contributed by atoms with E-state index in [1.807, 2.05) is 54.7 Å². The van der Waals surface area contributed by atoms with Gasteiger partial charge in [0.1, 0.15) is 0 Å². The number of carbonyl (C=O) groups excluding carboxylic acids is 1. The molecule has 1 heterocycles. The van der Waals surface area contributed by atoms with Gasteiger partial charge in [-0.3, -0.25) is 0 Å². The second-order valence-corrected chi connectivity index (χ2v) is 6.11. The highest BCUT2D eigenvalue weighted by molar-refractivity contribution is 6.06. The van der Waals surface area contributed by atoms with Crippen molar-refractivity contribution in [2.45, 2.75) is 25.9 Å². The third-order valence-corrected chi connectivity index (χ3v) is 4.49. The summed E-state index contributed by atoms with van der Waals surface area (Å²) in [6, 6.07) is 20.6. The van der Waals surface area contributed by atoms with Crippen molar-refractivity contribution in [3.63, 3.8) is 0 Å². The van der Waals surface area contributed by atoms with E-state index in [4.69, 9.17) is 4.74 Å². The van der Waals surface area contributed by atoms with Gasteiger partial charge >= 0.3 is 5.97 Å². The highest BCUT2D eigenvalue weighted by Crippen LogP contribution is 2.31. The largest absolute Gasteiger partial charge is 0.465 e. The van der Waals surface area contributed by atoms with Gasteiger partial charge in [0.2, 0.25) is 0 Å². The Kier molecular flexibility index (Phi) is 5.34. The maximum absolute atomic E-state index is 12.4. The molecule has 0 N–H and O–H groups in total. The van der Waals surface area contributed by atoms with Gasteiger partial charge in [-0.1, -0.05) is 73.7 Å². The Balaban J connectivity index is 1.98. The summed E-state index contributed by atoms with van der Waals surface area (Å²) in [7, 11) is 1.43. The van der Waals surface area contributed by atoms with Crippen molar-refractivity contribution >= 4 is 11.5 Å². The van der Waals surface area contributed by atoms with E-state index in [-0.39, 0.29) is 12.0 Å². The van der Waals surface area contributed by atoms with Crippen molar-refractivity contribution in [1.82, 2.24) is 4.90 Å². The van der Waals surface area contributed by atoms with Crippen LogP contribution in [0.5, 0.6) is 0 Å². The Bertz CT molecular complexity index is 778. The van der Waals surface area contributed by atoms with Gasteiger partial charge in [-0.25, -0.2) is 4.79 Å². The van der Waals surface area contributed by atoms with Crippen LogP contribution in [0.2, 0.25) is 0 Å². The minimum atomic E-state index is -0.303. The molecular formula is C22H23NO2. The lowest BCUT2D eigenvalue weighted by molar-refractivity contribution is -0.135. The lowest BCUT2D eigenvalue weighted by atomic mass is 9.92. The van der Waals surface area contributed by atoms with Crippen LogP contribution >= 0.6 is 0 Å². The van der Waals surface area contributed by atoms with Crippen LogP contribution in [0.15, 0.2) is 78.5 Å². The molecule has 2 aromatic rings. The van der Waals surface area contributed by atoms with E-state index in [0.717, 1.165) is 24.1 Å². The Morgan fingerprint density at radius 1 is 1.04 bits per heavy atom. The molecule has 0 bridgehead atoms. The Morgan fingerprint density at radius 2 is 1.68 bits per heavy atom. The van der Waals surface area contributed by atoms with Crippen LogP contribution in [0, 0.1) is 0 Å². The summed E-state index contributed by atoms with van der Waals surface area (Å²) < 4.78 is 5.03. The number of rotatable bonds is 5. The van der Waals surface area contributed by atoms with Gasteiger partial charge in [-0.2, -0.15) is 0 Å². The molecule has 0 aliphatic carbocycles. The highest BCUT2D eigenvalue weighted by atomic mass is 16.5. The minimum Gasteiger partial charge on any atom is -0.465 e. The molecule has 1 unspecified atom stereocenters. The highest BCUT2D eigenvalue weighted by Gasteiger charge is 2.26. The summed E-state index contributed by atoms with van der Waals surface area (Å²) >= 11 is 0. The van der Waals surface area contributed by atoms with Crippen LogP contribution in [0.4, 0.5) is 0 Å². The molecule has 1 aliphatic heterocycles. The molecule has 0 amide bonds. The van der Waals surface area contributed by atoms with Gasteiger partial charge in [-0.15, -0.1) is 0 Å². The number of benzene rings is 2. The molecule has 2 aromatic carbocycles. The number of hydrogen-bond donors (Lipinski definition) is 0. The molecular weight excluding hydrogens is 310 g/mol. The van der Waals surface area contributed by atoms with E-state index in [1.54, 1.807) is 0 Å². The SMILES string of the molecule is CCC1C=C(c2ccccc2)C(C(=O)OC)=CN1Cc1ccccc1. The van der Waals surface area contributed by atoms with E-state index >= 15 is 0 Å². The summed E-state index contributed by atoms with van der Waals surface area (Å²) in [6.45, 7) is 2.93. The number of hydrogen-bond acceptors (Lipinski definition) is 3. The zero-order chi connectivity index (χ0) is 17.6. The molecule has 25 heavy (non-hydrogen) atoms. The van der Waals surface area contributed by atoms with Crippen LogP contribution in [0.25, 0.3) is 5.57 Å². The Labute approximate surface area is 149 Å². The van der Waals surface area contributed by atoms with Gasteiger partial charge in [0.25, 0.3) is 0 Å². The maximum atomic E-state index is 12.4. The van der Waals surface area contributed by atoms with Crippen molar-refractivity contribution in [3.8, 4) is 0 Å². The first kappa shape index (κ1) is 17.0. The topological polar surface area (TPSA) is 29.5 Å². The molecule has 0 spiro atoms. The van der Waals surface area contributed by atoms with Crippen molar-refractivity contribution in [3.05, 3.63) is 89.6 Å². The van der Waals surface area contributed by atoms with E-state index in [1.165, 1.54) is 12.7 Å². The molecule has 1 aliphatic rings. The Hall–Kier alpha value is -2.81. The summed E-state index contributed by atoms with van der Waals surface area (Å²) in [5, 5.41) is 0. The van der Waals surface area contributed by atoms with Crippen molar-refractivity contribution in [2.24, 2.45) is 0 Å². The van der Waals surface area contributed by atoms with Crippen LogP contribution < -0.4 is 0 Å². The van der Waals surface area contributed by atoms with Crippen LogP contribution in [0.3, 0.4) is 0 Å². The lowest BCUT2D eigenvalue weighted by Crippen LogP contribution is -2.32. The third-order valence-electron chi connectivity index (χ3n) is 4.49. The fourth-order valence-electron chi connectivity index (χ4n) is 3.16. The maximum Gasteiger partial charge on any atom is 0.339 e. The number of esters is 1. The molecule has 0 saturated carbocycles. The average Bonchev–Trinajstić information content (AvgIpc) is 2.68. The van der Waals surface area contributed by atoms with E-state index in [0.29, 0.717) is 5.57 Å².